The molecule has 0 bridgehead atoms. The summed E-state index contributed by atoms with van der Waals surface area (Å²) in [4.78, 5) is 11.2. The lowest BCUT2D eigenvalue weighted by Crippen LogP contribution is -2.31. The number of aliphatic hydroxyl groups is 1. The van der Waals surface area contributed by atoms with Crippen molar-refractivity contribution in [3.05, 3.63) is 35.4 Å². The lowest BCUT2D eigenvalue weighted by Gasteiger charge is -2.08. The minimum absolute atomic E-state index is 0.0252. The van der Waals surface area contributed by atoms with E-state index in [0.29, 0.717) is 11.1 Å². The average molecular weight is 287 g/mol. The van der Waals surface area contributed by atoms with E-state index in [2.05, 4.69) is 9.46 Å². The van der Waals surface area contributed by atoms with E-state index in [4.69, 9.17) is 5.11 Å². The second-order valence-corrected chi connectivity index (χ2v) is 5.95. The first-order chi connectivity index (χ1) is 8.84. The number of ether oxygens (including phenoxy) is 1. The summed E-state index contributed by atoms with van der Waals surface area (Å²) >= 11 is 0. The molecule has 6 nitrogen and oxygen atoms in total. The smallest absolute Gasteiger partial charge is 0.337 e. The van der Waals surface area contributed by atoms with E-state index in [1.165, 1.54) is 26.2 Å². The highest BCUT2D eigenvalue weighted by Gasteiger charge is 2.13. The van der Waals surface area contributed by atoms with E-state index < -0.39 is 22.1 Å². The van der Waals surface area contributed by atoms with Gasteiger partial charge in [0.25, 0.3) is 0 Å². The second-order valence-electron chi connectivity index (χ2n) is 4.15. The Kier molecular flexibility index (Phi) is 5.46. The normalized spacial score (nSPS) is 13.0. The maximum Gasteiger partial charge on any atom is 0.337 e. The zero-order valence-electron chi connectivity index (χ0n) is 10.8. The highest BCUT2D eigenvalue weighted by Crippen LogP contribution is 2.08. The minimum atomic E-state index is -3.49. The highest BCUT2D eigenvalue weighted by atomic mass is 32.2. The number of sulfonamides is 1. The van der Waals surface area contributed by atoms with Crippen LogP contribution in [0.3, 0.4) is 0 Å². The van der Waals surface area contributed by atoms with Crippen LogP contribution >= 0.6 is 0 Å². The van der Waals surface area contributed by atoms with E-state index in [1.807, 2.05) is 0 Å². The first-order valence-corrected chi connectivity index (χ1v) is 7.32. The molecule has 1 unspecified atom stereocenters. The van der Waals surface area contributed by atoms with Crippen LogP contribution < -0.4 is 4.72 Å². The Hall–Kier alpha value is -1.44. The molecule has 1 aromatic carbocycles. The van der Waals surface area contributed by atoms with E-state index in [0.717, 1.165) is 0 Å². The molecule has 2 N–H and O–H groups in total. The van der Waals surface area contributed by atoms with Gasteiger partial charge in [-0.2, -0.15) is 0 Å². The van der Waals surface area contributed by atoms with Gasteiger partial charge >= 0.3 is 5.97 Å². The molecule has 19 heavy (non-hydrogen) atoms. The number of esters is 1. The van der Waals surface area contributed by atoms with Crippen LogP contribution in [0, 0.1) is 0 Å². The molecule has 0 aromatic heterocycles. The Morgan fingerprint density at radius 1 is 1.37 bits per heavy atom. The number of rotatable bonds is 6. The topological polar surface area (TPSA) is 92.7 Å². The van der Waals surface area contributed by atoms with Crippen molar-refractivity contribution in [3.8, 4) is 0 Å². The quantitative estimate of drug-likeness (QED) is 0.733. The first kappa shape index (κ1) is 15.6. The molecule has 106 valence electrons. The van der Waals surface area contributed by atoms with Gasteiger partial charge in [0.05, 0.1) is 24.5 Å². The number of hydrogen-bond donors (Lipinski definition) is 2. The Balaban J connectivity index is 2.70. The summed E-state index contributed by atoms with van der Waals surface area (Å²) in [5.41, 5.74) is 0.909. The van der Waals surface area contributed by atoms with Gasteiger partial charge in [-0.25, -0.2) is 17.9 Å². The van der Waals surface area contributed by atoms with Crippen LogP contribution in [0.15, 0.2) is 24.3 Å². The maximum absolute atomic E-state index is 11.7. The second kappa shape index (κ2) is 6.65. The molecule has 0 radical (unpaired) electrons. The van der Waals surface area contributed by atoms with Gasteiger partial charge in [0, 0.05) is 6.54 Å². The molecule has 0 saturated carbocycles. The summed E-state index contributed by atoms with van der Waals surface area (Å²) in [5.74, 6) is -0.678. The molecule has 0 amide bonds. The lowest BCUT2D eigenvalue weighted by molar-refractivity contribution is 0.0600. The van der Waals surface area contributed by atoms with Gasteiger partial charge in [-0.15, -0.1) is 0 Å². The van der Waals surface area contributed by atoms with Gasteiger partial charge in [0.2, 0.25) is 10.0 Å². The zero-order chi connectivity index (χ0) is 14.5. The summed E-state index contributed by atoms with van der Waals surface area (Å²) in [5, 5.41) is 9.03. The van der Waals surface area contributed by atoms with Crippen molar-refractivity contribution in [2.24, 2.45) is 0 Å². The van der Waals surface area contributed by atoms with Gasteiger partial charge in [-0.3, -0.25) is 0 Å². The standard InChI is InChI=1S/C12H17NO5S/c1-9(14)7-13-19(16,17)8-10-3-5-11(6-4-10)12(15)18-2/h3-6,9,13-14H,7-8H2,1-2H3. The van der Waals surface area contributed by atoms with Gasteiger partial charge in [0.1, 0.15) is 0 Å². The Labute approximate surface area is 112 Å². The number of benzene rings is 1. The Bertz CT molecular complexity index is 522. The molecule has 1 aromatic rings. The van der Waals surface area contributed by atoms with Gasteiger partial charge in [-0.05, 0) is 24.6 Å². The molecule has 0 fully saturated rings. The van der Waals surface area contributed by atoms with Crippen LogP contribution in [0.25, 0.3) is 0 Å². The van der Waals surface area contributed by atoms with Crippen molar-refractivity contribution in [2.45, 2.75) is 18.8 Å². The third-order valence-corrected chi connectivity index (χ3v) is 3.65. The third kappa shape index (κ3) is 5.37. The third-order valence-electron chi connectivity index (χ3n) is 2.33. The van der Waals surface area contributed by atoms with Crippen LogP contribution in [0.1, 0.15) is 22.8 Å². The van der Waals surface area contributed by atoms with E-state index >= 15 is 0 Å². The monoisotopic (exact) mass is 287 g/mol. The molecule has 0 aliphatic carbocycles. The van der Waals surface area contributed by atoms with Crippen LogP contribution in [-0.2, 0) is 20.5 Å². The van der Waals surface area contributed by atoms with Crippen molar-refractivity contribution < 1.29 is 23.1 Å². The van der Waals surface area contributed by atoms with Crippen LogP contribution in [-0.4, -0.2) is 39.3 Å². The van der Waals surface area contributed by atoms with Crippen LogP contribution in [0.2, 0.25) is 0 Å². The number of methoxy groups -OCH3 is 1. The number of carbonyl (C=O) groups is 1. The van der Waals surface area contributed by atoms with Gasteiger partial charge in [0.15, 0.2) is 0 Å². The number of aliphatic hydroxyl groups excluding tert-OH is 1. The van der Waals surface area contributed by atoms with E-state index in [-0.39, 0.29) is 12.3 Å². The fourth-order valence-electron chi connectivity index (χ4n) is 1.37. The van der Waals surface area contributed by atoms with Gasteiger partial charge in [-0.1, -0.05) is 12.1 Å². The fourth-order valence-corrected chi connectivity index (χ4v) is 2.60. The molecule has 1 atom stereocenters. The number of nitrogens with one attached hydrogen (secondary N) is 1. The highest BCUT2D eigenvalue weighted by molar-refractivity contribution is 7.88. The molecule has 7 heteroatoms. The largest absolute Gasteiger partial charge is 0.465 e. The molecule has 1 rings (SSSR count). The lowest BCUT2D eigenvalue weighted by atomic mass is 10.1. The summed E-state index contributed by atoms with van der Waals surface area (Å²) in [6.07, 6.45) is -0.739. The Morgan fingerprint density at radius 2 is 1.95 bits per heavy atom. The fraction of sp³-hybridized carbons (Fsp3) is 0.417. The minimum Gasteiger partial charge on any atom is -0.465 e. The van der Waals surface area contributed by atoms with E-state index in [1.54, 1.807) is 12.1 Å². The maximum atomic E-state index is 11.7. The molecular weight excluding hydrogens is 270 g/mol. The number of hydrogen-bond acceptors (Lipinski definition) is 5. The van der Waals surface area contributed by atoms with Crippen LogP contribution in [0.5, 0.6) is 0 Å². The zero-order valence-corrected chi connectivity index (χ0v) is 11.6. The van der Waals surface area contributed by atoms with Gasteiger partial charge < -0.3 is 9.84 Å². The predicted molar refractivity (Wildman–Crippen MR) is 70.1 cm³/mol. The summed E-state index contributed by atoms with van der Waals surface area (Å²) in [6, 6.07) is 6.11. The predicted octanol–water partition coefficient (Wildman–Crippen LogP) is 0.273. The summed E-state index contributed by atoms with van der Waals surface area (Å²) in [6.45, 7) is 1.47. The molecule has 0 aliphatic heterocycles. The summed E-state index contributed by atoms with van der Waals surface area (Å²) in [7, 11) is -2.22. The molecule has 0 saturated heterocycles. The Morgan fingerprint density at radius 3 is 2.42 bits per heavy atom. The van der Waals surface area contributed by atoms with Crippen molar-refractivity contribution in [2.75, 3.05) is 13.7 Å². The van der Waals surface area contributed by atoms with E-state index in [9.17, 15) is 13.2 Å². The summed E-state index contributed by atoms with van der Waals surface area (Å²) < 4.78 is 30.2. The molecular formula is C12H17NO5S. The SMILES string of the molecule is COC(=O)c1ccc(CS(=O)(=O)NCC(C)O)cc1. The van der Waals surface area contributed by atoms with Crippen molar-refractivity contribution >= 4 is 16.0 Å². The van der Waals surface area contributed by atoms with Crippen molar-refractivity contribution in [1.82, 2.24) is 4.72 Å². The van der Waals surface area contributed by atoms with Crippen molar-refractivity contribution in [3.63, 3.8) is 0 Å². The van der Waals surface area contributed by atoms with Crippen molar-refractivity contribution in [1.29, 1.82) is 0 Å². The molecule has 0 spiro atoms. The average Bonchev–Trinajstić information content (AvgIpc) is 2.36. The molecule has 0 aliphatic rings. The number of carbonyl (C=O) groups excluding carboxylic acids is 1. The van der Waals surface area contributed by atoms with Crippen LogP contribution in [0.4, 0.5) is 0 Å². The molecule has 0 heterocycles. The first-order valence-electron chi connectivity index (χ1n) is 5.66.